The van der Waals surface area contributed by atoms with Crippen LogP contribution in [-0.2, 0) is 11.3 Å². The second kappa shape index (κ2) is 6.30. The number of carbonyl (C=O) groups is 1. The molecule has 0 atom stereocenters. The molecule has 0 spiro atoms. The highest BCUT2D eigenvalue weighted by molar-refractivity contribution is 5.84. The van der Waals surface area contributed by atoms with Gasteiger partial charge in [-0.25, -0.2) is 4.79 Å². The van der Waals surface area contributed by atoms with Gasteiger partial charge in [-0.2, -0.15) is 0 Å². The lowest BCUT2D eigenvalue weighted by Crippen LogP contribution is -2.26. The van der Waals surface area contributed by atoms with Crippen LogP contribution >= 0.6 is 0 Å². The van der Waals surface area contributed by atoms with Crippen molar-refractivity contribution < 1.29 is 19.1 Å². The third-order valence-electron chi connectivity index (χ3n) is 2.31. The van der Waals surface area contributed by atoms with Gasteiger partial charge in [-0.3, -0.25) is 4.90 Å². The van der Waals surface area contributed by atoms with Gasteiger partial charge in [0.15, 0.2) is 0 Å². The number of likely N-dealkylation sites (N-methyl/N-ethyl adjacent to an activating group) is 1. The fraction of sp³-hybridized carbons (Fsp3) is 0.545. The van der Waals surface area contributed by atoms with Crippen molar-refractivity contribution in [2.24, 2.45) is 0 Å². The molecule has 0 fully saturated rings. The molecule has 0 bridgehead atoms. The number of aromatic carboxylic acids is 1. The van der Waals surface area contributed by atoms with Crippen molar-refractivity contribution in [3.8, 4) is 0 Å². The van der Waals surface area contributed by atoms with Crippen LogP contribution < -0.4 is 0 Å². The van der Waals surface area contributed by atoms with E-state index in [0.717, 1.165) is 13.1 Å². The normalized spacial score (nSPS) is 10.9. The van der Waals surface area contributed by atoms with Gasteiger partial charge in [0, 0.05) is 13.7 Å². The molecule has 5 heteroatoms. The molecule has 0 radical (unpaired) electrons. The van der Waals surface area contributed by atoms with Gasteiger partial charge in [0.2, 0.25) is 5.76 Å². The zero-order chi connectivity index (χ0) is 12.0. The molecule has 0 saturated carbocycles. The summed E-state index contributed by atoms with van der Waals surface area (Å²) in [5.74, 6) is -0.390. The standard InChI is InChI=1S/C11H17NO4/c1-3-12(6-7-15-2)8-9-4-5-10(16-9)11(13)14/h4-5H,3,6-8H2,1-2H3,(H,13,14). The molecule has 0 unspecified atom stereocenters. The van der Waals surface area contributed by atoms with Crippen LogP contribution in [0, 0.1) is 0 Å². The quantitative estimate of drug-likeness (QED) is 0.763. The minimum atomic E-state index is -1.04. The van der Waals surface area contributed by atoms with Crippen molar-refractivity contribution in [3.63, 3.8) is 0 Å². The predicted octanol–water partition coefficient (Wildman–Crippen LogP) is 1.45. The van der Waals surface area contributed by atoms with Gasteiger partial charge in [-0.05, 0) is 18.7 Å². The molecule has 1 N–H and O–H groups in total. The summed E-state index contributed by atoms with van der Waals surface area (Å²) in [6.07, 6.45) is 0. The molecule has 0 saturated heterocycles. The molecular weight excluding hydrogens is 210 g/mol. The van der Waals surface area contributed by atoms with E-state index in [1.165, 1.54) is 6.07 Å². The van der Waals surface area contributed by atoms with Gasteiger partial charge in [0.1, 0.15) is 5.76 Å². The average molecular weight is 227 g/mol. The topological polar surface area (TPSA) is 62.9 Å². The molecule has 0 aromatic carbocycles. The van der Waals surface area contributed by atoms with E-state index in [4.69, 9.17) is 14.3 Å². The fourth-order valence-electron chi connectivity index (χ4n) is 1.37. The van der Waals surface area contributed by atoms with Crippen LogP contribution in [0.3, 0.4) is 0 Å². The fourth-order valence-corrected chi connectivity index (χ4v) is 1.37. The maximum absolute atomic E-state index is 10.6. The number of furan rings is 1. The second-order valence-corrected chi connectivity index (χ2v) is 3.43. The Morgan fingerprint density at radius 3 is 2.81 bits per heavy atom. The van der Waals surface area contributed by atoms with E-state index in [0.29, 0.717) is 18.9 Å². The van der Waals surface area contributed by atoms with Crippen molar-refractivity contribution in [3.05, 3.63) is 23.7 Å². The highest BCUT2D eigenvalue weighted by Gasteiger charge is 2.11. The summed E-state index contributed by atoms with van der Waals surface area (Å²) in [6.45, 7) is 4.97. The third-order valence-corrected chi connectivity index (χ3v) is 2.31. The summed E-state index contributed by atoms with van der Waals surface area (Å²) in [5.41, 5.74) is 0. The molecule has 1 aromatic heterocycles. The first-order valence-corrected chi connectivity index (χ1v) is 5.20. The first-order chi connectivity index (χ1) is 7.67. The van der Waals surface area contributed by atoms with E-state index >= 15 is 0 Å². The van der Waals surface area contributed by atoms with E-state index in [1.54, 1.807) is 13.2 Å². The second-order valence-electron chi connectivity index (χ2n) is 3.43. The van der Waals surface area contributed by atoms with E-state index in [2.05, 4.69) is 4.90 Å². The SMILES string of the molecule is CCN(CCOC)Cc1ccc(C(=O)O)o1. The van der Waals surface area contributed by atoms with Crippen LogP contribution in [0.1, 0.15) is 23.2 Å². The Balaban J connectivity index is 2.52. The summed E-state index contributed by atoms with van der Waals surface area (Å²) in [4.78, 5) is 12.7. The Bertz CT molecular complexity index is 334. The molecule has 0 aliphatic carbocycles. The lowest BCUT2D eigenvalue weighted by atomic mass is 10.4. The number of nitrogens with zero attached hydrogens (tertiary/aromatic N) is 1. The predicted molar refractivity (Wildman–Crippen MR) is 58.5 cm³/mol. The maximum atomic E-state index is 10.6. The molecule has 16 heavy (non-hydrogen) atoms. The van der Waals surface area contributed by atoms with Crippen molar-refractivity contribution in [2.75, 3.05) is 26.8 Å². The Morgan fingerprint density at radius 1 is 1.56 bits per heavy atom. The summed E-state index contributed by atoms with van der Waals surface area (Å²) in [5, 5.41) is 8.70. The summed E-state index contributed by atoms with van der Waals surface area (Å²) < 4.78 is 10.2. The van der Waals surface area contributed by atoms with Crippen molar-refractivity contribution >= 4 is 5.97 Å². The van der Waals surface area contributed by atoms with Crippen LogP contribution in [0.25, 0.3) is 0 Å². The Hall–Kier alpha value is -1.33. The molecular formula is C11H17NO4. The van der Waals surface area contributed by atoms with Crippen molar-refractivity contribution in [1.29, 1.82) is 0 Å². The third kappa shape index (κ3) is 3.67. The number of carboxylic acid groups (broad SMARTS) is 1. The molecule has 1 aromatic rings. The Morgan fingerprint density at radius 2 is 2.31 bits per heavy atom. The van der Waals surface area contributed by atoms with Crippen LogP contribution in [0.5, 0.6) is 0 Å². The van der Waals surface area contributed by atoms with E-state index in [1.807, 2.05) is 6.92 Å². The maximum Gasteiger partial charge on any atom is 0.371 e. The van der Waals surface area contributed by atoms with Crippen LogP contribution in [0.4, 0.5) is 0 Å². The van der Waals surface area contributed by atoms with Gasteiger partial charge in [0.25, 0.3) is 0 Å². The number of rotatable bonds is 7. The van der Waals surface area contributed by atoms with Gasteiger partial charge >= 0.3 is 5.97 Å². The van der Waals surface area contributed by atoms with E-state index < -0.39 is 5.97 Å². The van der Waals surface area contributed by atoms with Crippen LogP contribution in [-0.4, -0.2) is 42.8 Å². The Labute approximate surface area is 94.6 Å². The van der Waals surface area contributed by atoms with Gasteiger partial charge in [0.05, 0.1) is 13.2 Å². The molecule has 1 rings (SSSR count). The van der Waals surface area contributed by atoms with Crippen LogP contribution in [0.2, 0.25) is 0 Å². The van der Waals surface area contributed by atoms with Gasteiger partial charge in [-0.15, -0.1) is 0 Å². The number of hydrogen-bond acceptors (Lipinski definition) is 4. The largest absolute Gasteiger partial charge is 0.475 e. The number of carboxylic acids is 1. The first-order valence-electron chi connectivity index (χ1n) is 5.20. The van der Waals surface area contributed by atoms with Crippen molar-refractivity contribution in [2.45, 2.75) is 13.5 Å². The highest BCUT2D eigenvalue weighted by atomic mass is 16.5. The monoisotopic (exact) mass is 227 g/mol. The zero-order valence-electron chi connectivity index (χ0n) is 9.60. The number of hydrogen-bond donors (Lipinski definition) is 1. The zero-order valence-corrected chi connectivity index (χ0v) is 9.60. The lowest BCUT2D eigenvalue weighted by Gasteiger charge is -2.18. The number of ether oxygens (including phenoxy) is 1. The minimum Gasteiger partial charge on any atom is -0.475 e. The van der Waals surface area contributed by atoms with Crippen molar-refractivity contribution in [1.82, 2.24) is 4.90 Å². The molecule has 0 aliphatic heterocycles. The average Bonchev–Trinajstić information content (AvgIpc) is 2.72. The first kappa shape index (κ1) is 12.7. The van der Waals surface area contributed by atoms with Gasteiger partial charge < -0.3 is 14.3 Å². The summed E-state index contributed by atoms with van der Waals surface area (Å²) >= 11 is 0. The minimum absolute atomic E-state index is 0.0159. The molecule has 0 amide bonds. The smallest absolute Gasteiger partial charge is 0.371 e. The van der Waals surface area contributed by atoms with E-state index in [9.17, 15) is 4.79 Å². The van der Waals surface area contributed by atoms with Crippen LogP contribution in [0.15, 0.2) is 16.5 Å². The highest BCUT2D eigenvalue weighted by Crippen LogP contribution is 2.10. The Kier molecular flexibility index (Phi) is 5.01. The number of methoxy groups -OCH3 is 1. The van der Waals surface area contributed by atoms with Gasteiger partial charge in [-0.1, -0.05) is 6.92 Å². The molecule has 90 valence electrons. The molecule has 1 heterocycles. The molecule has 0 aliphatic rings. The summed E-state index contributed by atoms with van der Waals surface area (Å²) in [7, 11) is 1.66. The molecule has 5 nitrogen and oxygen atoms in total. The van der Waals surface area contributed by atoms with E-state index in [-0.39, 0.29) is 5.76 Å². The lowest BCUT2D eigenvalue weighted by molar-refractivity contribution is 0.0657. The summed E-state index contributed by atoms with van der Waals surface area (Å²) in [6, 6.07) is 3.17.